The van der Waals surface area contributed by atoms with Crippen molar-refractivity contribution in [3.63, 3.8) is 0 Å². The molecular weight excluding hydrogens is 403 g/mol. The van der Waals surface area contributed by atoms with Gasteiger partial charge >= 0.3 is 0 Å². The molecule has 0 saturated heterocycles. The van der Waals surface area contributed by atoms with Gasteiger partial charge in [-0.1, -0.05) is 54.2 Å². The number of rotatable bonds is 8. The molecule has 0 aliphatic carbocycles. The number of nitrogens with zero attached hydrogens (tertiary/aromatic N) is 3. The number of carbonyl (C=O) groups excluding carboxylic acids is 1. The van der Waals surface area contributed by atoms with Gasteiger partial charge < -0.3 is 9.73 Å². The Morgan fingerprint density at radius 2 is 1.80 bits per heavy atom. The molecule has 2 aromatic heterocycles. The van der Waals surface area contributed by atoms with Gasteiger partial charge in [0.2, 0.25) is 11.7 Å². The van der Waals surface area contributed by atoms with E-state index in [0.29, 0.717) is 29.8 Å². The third kappa shape index (κ3) is 4.96. The number of amides is 1. The predicted octanol–water partition coefficient (Wildman–Crippen LogP) is 4.13. The molecule has 0 aliphatic heterocycles. The summed E-state index contributed by atoms with van der Waals surface area (Å²) >= 11 is 1.31. The molecule has 0 radical (unpaired) electrons. The molecular formula is C22H19FN4O2S. The van der Waals surface area contributed by atoms with Crippen molar-refractivity contribution in [3.05, 3.63) is 89.9 Å². The van der Waals surface area contributed by atoms with Crippen molar-refractivity contribution in [1.29, 1.82) is 0 Å². The van der Waals surface area contributed by atoms with Crippen molar-refractivity contribution < 1.29 is 13.6 Å². The number of carbonyl (C=O) groups is 1. The van der Waals surface area contributed by atoms with Crippen LogP contribution in [0, 0.1) is 5.82 Å². The van der Waals surface area contributed by atoms with Gasteiger partial charge in [-0.25, -0.2) is 4.39 Å². The lowest BCUT2D eigenvalue weighted by molar-refractivity contribution is -0.118. The van der Waals surface area contributed by atoms with E-state index in [1.807, 2.05) is 41.0 Å². The summed E-state index contributed by atoms with van der Waals surface area (Å²) in [5.74, 6) is 0.972. The first-order valence-corrected chi connectivity index (χ1v) is 10.3. The zero-order valence-electron chi connectivity index (χ0n) is 16.0. The number of halogens is 1. The number of aromatic nitrogens is 3. The molecule has 0 fully saturated rings. The lowest BCUT2D eigenvalue weighted by Crippen LogP contribution is -2.24. The molecule has 0 spiro atoms. The molecule has 4 aromatic rings. The molecule has 0 unspecified atom stereocenters. The number of thioether (sulfide) groups is 1. The highest BCUT2D eigenvalue weighted by Crippen LogP contribution is 2.25. The van der Waals surface area contributed by atoms with E-state index in [1.54, 1.807) is 24.5 Å². The molecule has 0 bridgehead atoms. The van der Waals surface area contributed by atoms with Crippen LogP contribution in [0.3, 0.4) is 0 Å². The Morgan fingerprint density at radius 1 is 1.00 bits per heavy atom. The summed E-state index contributed by atoms with van der Waals surface area (Å²) in [6.45, 7) is 0.900. The zero-order chi connectivity index (χ0) is 20.8. The number of furan rings is 1. The van der Waals surface area contributed by atoms with Gasteiger partial charge in [0.25, 0.3) is 0 Å². The highest BCUT2D eigenvalue weighted by molar-refractivity contribution is 7.99. The Kier molecular flexibility index (Phi) is 6.24. The van der Waals surface area contributed by atoms with E-state index in [1.165, 1.54) is 23.9 Å². The van der Waals surface area contributed by atoms with Gasteiger partial charge in [0.15, 0.2) is 10.9 Å². The van der Waals surface area contributed by atoms with Gasteiger partial charge in [-0.05, 0) is 35.4 Å². The minimum Gasteiger partial charge on any atom is -0.461 e. The van der Waals surface area contributed by atoms with Crippen molar-refractivity contribution in [1.82, 2.24) is 20.1 Å². The molecule has 4 rings (SSSR count). The fraction of sp³-hybridized carbons (Fsp3) is 0.136. The summed E-state index contributed by atoms with van der Waals surface area (Å²) < 4.78 is 20.4. The first kappa shape index (κ1) is 19.9. The van der Waals surface area contributed by atoms with Gasteiger partial charge in [0.05, 0.1) is 18.6 Å². The van der Waals surface area contributed by atoms with Crippen molar-refractivity contribution in [2.75, 3.05) is 5.75 Å². The number of benzene rings is 2. The molecule has 1 amide bonds. The minimum absolute atomic E-state index is 0.141. The Balaban J connectivity index is 1.44. The maximum absolute atomic E-state index is 13.0. The third-order valence-electron chi connectivity index (χ3n) is 4.38. The molecule has 1 N–H and O–H groups in total. The van der Waals surface area contributed by atoms with Crippen LogP contribution >= 0.6 is 11.8 Å². The number of hydrogen-bond donors (Lipinski definition) is 1. The monoisotopic (exact) mass is 422 g/mol. The topological polar surface area (TPSA) is 73.0 Å². The molecule has 0 saturated carbocycles. The van der Waals surface area contributed by atoms with E-state index in [2.05, 4.69) is 15.5 Å². The van der Waals surface area contributed by atoms with Crippen LogP contribution in [0.5, 0.6) is 0 Å². The van der Waals surface area contributed by atoms with Crippen molar-refractivity contribution in [3.8, 4) is 11.6 Å². The first-order chi connectivity index (χ1) is 14.7. The standard InChI is InChI=1S/C22H19FN4O2S/c23-18-10-8-16(9-11-18)13-24-20(28)15-30-22-26-25-21(19-7-4-12-29-19)27(22)14-17-5-2-1-3-6-17/h1-12H,13-15H2,(H,24,28). The molecule has 8 heteroatoms. The van der Waals surface area contributed by atoms with E-state index in [0.717, 1.165) is 11.1 Å². The molecule has 0 atom stereocenters. The maximum Gasteiger partial charge on any atom is 0.230 e. The highest BCUT2D eigenvalue weighted by atomic mass is 32.2. The summed E-state index contributed by atoms with van der Waals surface area (Å²) in [6, 6.07) is 19.6. The Labute approximate surface area is 177 Å². The van der Waals surface area contributed by atoms with Crippen LogP contribution in [-0.4, -0.2) is 26.4 Å². The van der Waals surface area contributed by atoms with Crippen LogP contribution in [0.1, 0.15) is 11.1 Å². The van der Waals surface area contributed by atoms with Crippen LogP contribution in [0.25, 0.3) is 11.6 Å². The molecule has 2 aromatic carbocycles. The molecule has 152 valence electrons. The quantitative estimate of drug-likeness (QED) is 0.432. The lowest BCUT2D eigenvalue weighted by atomic mass is 10.2. The van der Waals surface area contributed by atoms with Crippen molar-refractivity contribution in [2.24, 2.45) is 0 Å². The van der Waals surface area contributed by atoms with E-state index < -0.39 is 0 Å². The van der Waals surface area contributed by atoms with Crippen LogP contribution in [-0.2, 0) is 17.9 Å². The molecule has 0 aliphatic rings. The Morgan fingerprint density at radius 3 is 2.53 bits per heavy atom. The third-order valence-corrected chi connectivity index (χ3v) is 5.34. The zero-order valence-corrected chi connectivity index (χ0v) is 16.8. The average molecular weight is 422 g/mol. The summed E-state index contributed by atoms with van der Waals surface area (Å²) in [7, 11) is 0. The Bertz CT molecular complexity index is 1100. The van der Waals surface area contributed by atoms with E-state index in [4.69, 9.17) is 4.42 Å². The SMILES string of the molecule is O=C(CSc1nnc(-c2ccco2)n1Cc1ccccc1)NCc1ccc(F)cc1. The van der Waals surface area contributed by atoms with Gasteiger partial charge in [-0.15, -0.1) is 10.2 Å². The second kappa shape index (κ2) is 9.41. The second-order valence-electron chi connectivity index (χ2n) is 6.55. The first-order valence-electron chi connectivity index (χ1n) is 9.34. The summed E-state index contributed by atoms with van der Waals surface area (Å²) in [5.41, 5.74) is 1.93. The van der Waals surface area contributed by atoms with E-state index in [-0.39, 0.29) is 17.5 Å². The van der Waals surface area contributed by atoms with Crippen molar-refractivity contribution in [2.45, 2.75) is 18.2 Å². The van der Waals surface area contributed by atoms with Gasteiger partial charge in [-0.3, -0.25) is 9.36 Å². The second-order valence-corrected chi connectivity index (χ2v) is 7.49. The smallest absolute Gasteiger partial charge is 0.230 e. The van der Waals surface area contributed by atoms with Crippen LogP contribution in [0.2, 0.25) is 0 Å². The van der Waals surface area contributed by atoms with Gasteiger partial charge in [0, 0.05) is 6.54 Å². The van der Waals surface area contributed by atoms with E-state index in [9.17, 15) is 9.18 Å². The van der Waals surface area contributed by atoms with Crippen LogP contribution in [0.15, 0.2) is 82.6 Å². The maximum atomic E-state index is 13.0. The predicted molar refractivity (Wildman–Crippen MR) is 112 cm³/mol. The molecule has 2 heterocycles. The Hall–Kier alpha value is -3.39. The highest BCUT2D eigenvalue weighted by Gasteiger charge is 2.17. The van der Waals surface area contributed by atoms with Crippen LogP contribution in [0.4, 0.5) is 4.39 Å². The normalized spacial score (nSPS) is 10.8. The fourth-order valence-corrected chi connectivity index (χ4v) is 3.64. The lowest BCUT2D eigenvalue weighted by Gasteiger charge is -2.09. The summed E-state index contributed by atoms with van der Waals surface area (Å²) in [4.78, 5) is 12.3. The summed E-state index contributed by atoms with van der Waals surface area (Å²) in [6.07, 6.45) is 1.59. The number of hydrogen-bond acceptors (Lipinski definition) is 5. The van der Waals surface area contributed by atoms with E-state index >= 15 is 0 Å². The fourth-order valence-electron chi connectivity index (χ4n) is 2.88. The van der Waals surface area contributed by atoms with Gasteiger partial charge in [-0.2, -0.15) is 0 Å². The largest absolute Gasteiger partial charge is 0.461 e. The van der Waals surface area contributed by atoms with Gasteiger partial charge in [0.1, 0.15) is 5.82 Å². The molecule has 6 nitrogen and oxygen atoms in total. The average Bonchev–Trinajstić information content (AvgIpc) is 3.43. The minimum atomic E-state index is -0.300. The molecule has 30 heavy (non-hydrogen) atoms. The summed E-state index contributed by atoms with van der Waals surface area (Å²) in [5, 5.41) is 12.0. The number of nitrogens with one attached hydrogen (secondary N) is 1. The van der Waals surface area contributed by atoms with Crippen molar-refractivity contribution >= 4 is 17.7 Å². The van der Waals surface area contributed by atoms with Crippen LogP contribution < -0.4 is 5.32 Å².